The fourth-order valence-corrected chi connectivity index (χ4v) is 2.95. The summed E-state index contributed by atoms with van der Waals surface area (Å²) in [6.45, 7) is 5.32. The molecule has 1 aliphatic rings. The fourth-order valence-electron chi connectivity index (χ4n) is 2.23. The second-order valence-electron chi connectivity index (χ2n) is 5.23. The lowest BCUT2D eigenvalue weighted by molar-refractivity contribution is 0.148. The number of hydrogen-bond donors (Lipinski definition) is 0. The molecule has 0 aliphatic carbocycles. The first-order valence-electron chi connectivity index (χ1n) is 7.12. The summed E-state index contributed by atoms with van der Waals surface area (Å²) in [5.74, 6) is 0. The van der Waals surface area contributed by atoms with E-state index in [1.54, 1.807) is 11.3 Å². The van der Waals surface area contributed by atoms with Gasteiger partial charge in [-0.2, -0.15) is 0 Å². The van der Waals surface area contributed by atoms with Gasteiger partial charge in [-0.15, -0.1) is 10.2 Å². The molecule has 0 bridgehead atoms. The number of rotatable bonds is 4. The standard InChI is InChI=1S/C15H19N5S/c1-19-7-9-20(10-8-19)12-14-17-18-15(21-14)16-11-13-5-3-2-4-6-13/h2-6,11H,7-10,12H2,1H3/b16-11+. The molecule has 0 unspecified atom stereocenters. The average molecular weight is 301 g/mol. The Balaban J connectivity index is 1.57. The second-order valence-corrected chi connectivity index (χ2v) is 6.27. The van der Waals surface area contributed by atoms with Gasteiger partial charge in [0.2, 0.25) is 5.13 Å². The molecule has 0 atom stereocenters. The summed E-state index contributed by atoms with van der Waals surface area (Å²) >= 11 is 1.57. The van der Waals surface area contributed by atoms with E-state index >= 15 is 0 Å². The van der Waals surface area contributed by atoms with Crippen molar-refractivity contribution in [1.29, 1.82) is 0 Å². The molecule has 1 aromatic heterocycles. The highest BCUT2D eigenvalue weighted by atomic mass is 32.1. The van der Waals surface area contributed by atoms with Gasteiger partial charge in [-0.25, -0.2) is 4.99 Å². The van der Waals surface area contributed by atoms with Crippen LogP contribution in [0.15, 0.2) is 35.3 Å². The number of likely N-dealkylation sites (N-methyl/N-ethyl adjacent to an activating group) is 1. The van der Waals surface area contributed by atoms with E-state index in [0.717, 1.165) is 48.4 Å². The van der Waals surface area contributed by atoms with Crippen LogP contribution >= 0.6 is 11.3 Å². The van der Waals surface area contributed by atoms with Crippen molar-refractivity contribution in [3.8, 4) is 0 Å². The van der Waals surface area contributed by atoms with Crippen molar-refractivity contribution in [1.82, 2.24) is 20.0 Å². The molecular formula is C15H19N5S. The Labute approximate surface area is 129 Å². The number of aromatic nitrogens is 2. The van der Waals surface area contributed by atoms with Crippen molar-refractivity contribution < 1.29 is 0 Å². The van der Waals surface area contributed by atoms with E-state index < -0.39 is 0 Å². The Morgan fingerprint density at radius 3 is 2.67 bits per heavy atom. The lowest BCUT2D eigenvalue weighted by Crippen LogP contribution is -2.43. The van der Waals surface area contributed by atoms with E-state index in [-0.39, 0.29) is 0 Å². The zero-order valence-corrected chi connectivity index (χ0v) is 13.0. The van der Waals surface area contributed by atoms with Crippen LogP contribution in [0.1, 0.15) is 10.6 Å². The number of hydrogen-bond acceptors (Lipinski definition) is 6. The highest BCUT2D eigenvalue weighted by molar-refractivity contribution is 7.14. The van der Waals surface area contributed by atoms with Gasteiger partial charge in [0.25, 0.3) is 0 Å². The highest BCUT2D eigenvalue weighted by Gasteiger charge is 2.15. The molecule has 1 aliphatic heterocycles. The molecule has 2 heterocycles. The van der Waals surface area contributed by atoms with Gasteiger partial charge in [0.1, 0.15) is 5.01 Å². The molecule has 2 aromatic rings. The molecule has 0 spiro atoms. The molecule has 1 fully saturated rings. The molecule has 0 saturated carbocycles. The van der Waals surface area contributed by atoms with Gasteiger partial charge in [-0.1, -0.05) is 41.7 Å². The van der Waals surface area contributed by atoms with Crippen molar-refractivity contribution >= 4 is 22.7 Å². The summed E-state index contributed by atoms with van der Waals surface area (Å²) in [7, 11) is 2.17. The first-order valence-corrected chi connectivity index (χ1v) is 7.94. The zero-order valence-electron chi connectivity index (χ0n) is 12.1. The second kappa shape index (κ2) is 6.89. The van der Waals surface area contributed by atoms with Crippen LogP contribution in [0, 0.1) is 0 Å². The van der Waals surface area contributed by atoms with E-state index in [0.29, 0.717) is 0 Å². The molecule has 0 N–H and O–H groups in total. The average Bonchev–Trinajstić information content (AvgIpc) is 2.96. The minimum atomic E-state index is 0.725. The zero-order chi connectivity index (χ0) is 14.5. The lowest BCUT2D eigenvalue weighted by Gasteiger charge is -2.31. The fraction of sp³-hybridized carbons (Fsp3) is 0.400. The van der Waals surface area contributed by atoms with Crippen LogP contribution in [-0.2, 0) is 6.54 Å². The van der Waals surface area contributed by atoms with Crippen LogP contribution in [0.5, 0.6) is 0 Å². The van der Waals surface area contributed by atoms with Crippen molar-refractivity contribution in [3.63, 3.8) is 0 Å². The molecule has 1 aromatic carbocycles. The van der Waals surface area contributed by atoms with E-state index in [1.165, 1.54) is 0 Å². The molecule has 3 rings (SSSR count). The van der Waals surface area contributed by atoms with Gasteiger partial charge in [0, 0.05) is 32.4 Å². The first-order chi connectivity index (χ1) is 10.3. The van der Waals surface area contributed by atoms with Crippen LogP contribution in [0.4, 0.5) is 5.13 Å². The maximum absolute atomic E-state index is 4.40. The molecule has 1 saturated heterocycles. The molecule has 0 radical (unpaired) electrons. The van der Waals surface area contributed by atoms with Gasteiger partial charge in [-0.3, -0.25) is 4.90 Å². The quantitative estimate of drug-likeness (QED) is 0.811. The monoisotopic (exact) mass is 301 g/mol. The minimum absolute atomic E-state index is 0.725. The van der Waals surface area contributed by atoms with Crippen molar-refractivity contribution in [2.45, 2.75) is 6.54 Å². The van der Waals surface area contributed by atoms with E-state index in [1.807, 2.05) is 36.5 Å². The largest absolute Gasteiger partial charge is 0.304 e. The molecular weight excluding hydrogens is 282 g/mol. The van der Waals surface area contributed by atoms with Crippen LogP contribution in [0.2, 0.25) is 0 Å². The molecule has 0 amide bonds. The molecule has 21 heavy (non-hydrogen) atoms. The van der Waals surface area contributed by atoms with Gasteiger partial charge < -0.3 is 4.90 Å². The van der Waals surface area contributed by atoms with Crippen LogP contribution < -0.4 is 0 Å². The van der Waals surface area contributed by atoms with Crippen LogP contribution in [0.3, 0.4) is 0 Å². The van der Waals surface area contributed by atoms with Gasteiger partial charge in [0.15, 0.2) is 0 Å². The Morgan fingerprint density at radius 1 is 1.14 bits per heavy atom. The van der Waals surface area contributed by atoms with E-state index in [9.17, 15) is 0 Å². The molecule has 6 heteroatoms. The third-order valence-electron chi connectivity index (χ3n) is 3.53. The first kappa shape index (κ1) is 14.3. The summed E-state index contributed by atoms with van der Waals surface area (Å²) in [5.41, 5.74) is 1.08. The number of benzene rings is 1. The Kier molecular flexibility index (Phi) is 4.69. The lowest BCUT2D eigenvalue weighted by atomic mass is 10.2. The van der Waals surface area contributed by atoms with Crippen molar-refractivity contribution in [2.75, 3.05) is 33.2 Å². The van der Waals surface area contributed by atoms with Crippen molar-refractivity contribution in [2.24, 2.45) is 4.99 Å². The SMILES string of the molecule is CN1CCN(Cc2nnc(/N=C/c3ccccc3)s2)CC1. The third-order valence-corrected chi connectivity index (χ3v) is 4.35. The summed E-state index contributed by atoms with van der Waals surface area (Å²) in [5, 5.41) is 10.2. The Hall–Kier alpha value is -1.63. The summed E-state index contributed by atoms with van der Waals surface area (Å²) < 4.78 is 0. The van der Waals surface area contributed by atoms with Crippen molar-refractivity contribution in [3.05, 3.63) is 40.9 Å². The van der Waals surface area contributed by atoms with Gasteiger partial charge in [-0.05, 0) is 12.6 Å². The number of nitrogens with zero attached hydrogens (tertiary/aromatic N) is 5. The Bertz CT molecular complexity index is 587. The van der Waals surface area contributed by atoms with E-state index in [2.05, 4.69) is 32.0 Å². The smallest absolute Gasteiger partial charge is 0.231 e. The predicted molar refractivity (Wildman–Crippen MR) is 86.4 cm³/mol. The van der Waals surface area contributed by atoms with Gasteiger partial charge in [0.05, 0.1) is 6.54 Å². The number of aliphatic imine (C=N–C) groups is 1. The van der Waals surface area contributed by atoms with Crippen LogP contribution in [0.25, 0.3) is 0 Å². The minimum Gasteiger partial charge on any atom is -0.304 e. The summed E-state index contributed by atoms with van der Waals surface area (Å²) in [6.07, 6.45) is 1.83. The summed E-state index contributed by atoms with van der Waals surface area (Å²) in [4.78, 5) is 9.17. The topological polar surface area (TPSA) is 44.6 Å². The van der Waals surface area contributed by atoms with Crippen LogP contribution in [-0.4, -0.2) is 59.4 Å². The molecule has 110 valence electrons. The van der Waals surface area contributed by atoms with Gasteiger partial charge >= 0.3 is 0 Å². The third kappa shape index (κ3) is 4.17. The predicted octanol–water partition coefficient (Wildman–Crippen LogP) is 2.04. The van der Waals surface area contributed by atoms with E-state index in [4.69, 9.17) is 0 Å². The summed E-state index contributed by atoms with van der Waals surface area (Å²) in [6, 6.07) is 10.0. The molecule has 5 nitrogen and oxygen atoms in total. The Morgan fingerprint density at radius 2 is 1.90 bits per heavy atom. The maximum atomic E-state index is 4.40. The number of piperazine rings is 1. The maximum Gasteiger partial charge on any atom is 0.231 e. The highest BCUT2D eigenvalue weighted by Crippen LogP contribution is 2.20. The normalized spacial score (nSPS) is 17.6.